The van der Waals surface area contributed by atoms with Crippen LogP contribution in [0.1, 0.15) is 27.1 Å². The number of rotatable bonds is 6. The maximum atomic E-state index is 13.5. The van der Waals surface area contributed by atoms with E-state index in [1.165, 1.54) is 16.7 Å². The van der Waals surface area contributed by atoms with Crippen LogP contribution in [0.3, 0.4) is 0 Å². The molecule has 4 aromatic rings. The maximum Gasteiger partial charge on any atom is 0.304 e. The molecule has 6 nitrogen and oxygen atoms in total. The van der Waals surface area contributed by atoms with Gasteiger partial charge < -0.3 is 10.4 Å². The Kier molecular flexibility index (Phi) is 7.38. The summed E-state index contributed by atoms with van der Waals surface area (Å²) in [7, 11) is 0. The highest BCUT2D eigenvalue weighted by Crippen LogP contribution is 2.38. The zero-order chi connectivity index (χ0) is 26.5. The van der Waals surface area contributed by atoms with E-state index in [0.717, 1.165) is 16.0 Å². The van der Waals surface area contributed by atoms with Crippen molar-refractivity contribution in [2.24, 2.45) is 0 Å². The summed E-state index contributed by atoms with van der Waals surface area (Å²) in [4.78, 5) is 40.2. The van der Waals surface area contributed by atoms with Gasteiger partial charge in [-0.1, -0.05) is 66.7 Å². The SMILES string of the molecule is O=C(O)CC1C=CN(C(=O)c2ccc(NC(=O)c3ccccc3-c3ccccc3)cc2)c2ccccc2S1. The Hall–Kier alpha value is -4.62. The first kappa shape index (κ1) is 25.0. The number of hydrogen-bond donors (Lipinski definition) is 2. The van der Waals surface area contributed by atoms with Gasteiger partial charge >= 0.3 is 5.97 Å². The molecule has 0 bridgehead atoms. The van der Waals surface area contributed by atoms with Crippen molar-refractivity contribution in [2.45, 2.75) is 16.6 Å². The summed E-state index contributed by atoms with van der Waals surface area (Å²) < 4.78 is 0. The van der Waals surface area contributed by atoms with Crippen LogP contribution >= 0.6 is 11.8 Å². The van der Waals surface area contributed by atoms with Gasteiger partial charge in [0, 0.05) is 33.2 Å². The number of hydrogen-bond acceptors (Lipinski definition) is 4. The summed E-state index contributed by atoms with van der Waals surface area (Å²) in [5, 5.41) is 11.9. The lowest BCUT2D eigenvalue weighted by atomic mass is 9.99. The molecule has 0 saturated carbocycles. The third kappa shape index (κ3) is 5.53. The summed E-state index contributed by atoms with van der Waals surface area (Å²) in [6, 6.07) is 31.3. The molecule has 1 heterocycles. The Morgan fingerprint density at radius 2 is 1.50 bits per heavy atom. The Labute approximate surface area is 224 Å². The van der Waals surface area contributed by atoms with E-state index < -0.39 is 5.97 Å². The van der Waals surface area contributed by atoms with E-state index in [-0.39, 0.29) is 23.5 Å². The molecule has 2 amide bonds. The van der Waals surface area contributed by atoms with Gasteiger partial charge in [0.25, 0.3) is 11.8 Å². The number of benzene rings is 4. The summed E-state index contributed by atoms with van der Waals surface area (Å²) in [6.45, 7) is 0. The number of fused-ring (bicyclic) bond motifs is 1. The summed E-state index contributed by atoms with van der Waals surface area (Å²) in [5.74, 6) is -1.39. The van der Waals surface area contributed by atoms with Crippen molar-refractivity contribution in [1.82, 2.24) is 0 Å². The molecule has 38 heavy (non-hydrogen) atoms. The van der Waals surface area contributed by atoms with Crippen LogP contribution in [0.2, 0.25) is 0 Å². The molecule has 0 spiro atoms. The van der Waals surface area contributed by atoms with E-state index in [0.29, 0.717) is 22.5 Å². The Bertz CT molecular complexity index is 1520. The molecule has 0 fully saturated rings. The number of carboxylic acids is 1. The number of carboxylic acid groups (broad SMARTS) is 1. The fraction of sp³-hybridized carbons (Fsp3) is 0.0645. The van der Waals surface area contributed by atoms with Gasteiger partial charge in [0.05, 0.1) is 12.1 Å². The van der Waals surface area contributed by atoms with Crippen molar-refractivity contribution in [3.63, 3.8) is 0 Å². The number of nitrogens with one attached hydrogen (secondary N) is 1. The molecule has 1 atom stereocenters. The Balaban J connectivity index is 1.35. The van der Waals surface area contributed by atoms with Gasteiger partial charge in [-0.3, -0.25) is 19.3 Å². The fourth-order valence-corrected chi connectivity index (χ4v) is 5.41. The molecular weight excluding hydrogens is 496 g/mol. The van der Waals surface area contributed by atoms with Gasteiger partial charge in [0.15, 0.2) is 0 Å². The lowest BCUT2D eigenvalue weighted by molar-refractivity contribution is -0.136. The largest absolute Gasteiger partial charge is 0.481 e. The monoisotopic (exact) mass is 520 g/mol. The zero-order valence-electron chi connectivity index (χ0n) is 20.3. The van der Waals surface area contributed by atoms with Crippen molar-refractivity contribution in [3.8, 4) is 11.1 Å². The average molecular weight is 521 g/mol. The number of aliphatic carboxylic acids is 1. The molecule has 0 aliphatic carbocycles. The second-order valence-corrected chi connectivity index (χ2v) is 9.96. The van der Waals surface area contributed by atoms with Crippen LogP contribution in [0.5, 0.6) is 0 Å². The minimum absolute atomic E-state index is 0.0423. The standard InChI is InChI=1S/C31H24N2O4S/c34-29(35)20-24-18-19-33(27-12-6-7-13-28(27)38-24)31(37)22-14-16-23(17-15-22)32-30(36)26-11-5-4-10-25(26)21-8-2-1-3-9-21/h1-19,24H,20H2,(H,32,36)(H,34,35). The van der Waals surface area contributed by atoms with Gasteiger partial charge in [-0.15, -0.1) is 11.8 Å². The highest BCUT2D eigenvalue weighted by Gasteiger charge is 2.24. The van der Waals surface area contributed by atoms with Crippen molar-refractivity contribution < 1.29 is 19.5 Å². The highest BCUT2D eigenvalue weighted by atomic mass is 32.2. The Morgan fingerprint density at radius 1 is 0.816 bits per heavy atom. The molecule has 188 valence electrons. The second kappa shape index (κ2) is 11.2. The first-order valence-electron chi connectivity index (χ1n) is 12.0. The third-order valence-corrected chi connectivity index (χ3v) is 7.32. The van der Waals surface area contributed by atoms with Gasteiger partial charge in [-0.05, 0) is 53.6 Å². The van der Waals surface area contributed by atoms with Crippen LogP contribution in [-0.2, 0) is 4.79 Å². The van der Waals surface area contributed by atoms with Gasteiger partial charge in [-0.2, -0.15) is 0 Å². The lowest BCUT2D eigenvalue weighted by Gasteiger charge is -2.20. The van der Waals surface area contributed by atoms with E-state index >= 15 is 0 Å². The van der Waals surface area contributed by atoms with Gasteiger partial charge in [-0.25, -0.2) is 0 Å². The molecular formula is C31H24N2O4S. The molecule has 1 unspecified atom stereocenters. The first-order chi connectivity index (χ1) is 18.5. The zero-order valence-corrected chi connectivity index (χ0v) is 21.1. The number of carbonyl (C=O) groups is 3. The van der Waals surface area contributed by atoms with Crippen LogP contribution in [0.4, 0.5) is 11.4 Å². The molecule has 0 saturated heterocycles. The maximum absolute atomic E-state index is 13.5. The average Bonchev–Trinajstić information content (AvgIpc) is 3.12. The topological polar surface area (TPSA) is 86.7 Å². The van der Waals surface area contributed by atoms with Crippen LogP contribution in [0.15, 0.2) is 120 Å². The van der Waals surface area contributed by atoms with Gasteiger partial charge in [0.1, 0.15) is 0 Å². The summed E-state index contributed by atoms with van der Waals surface area (Å²) in [5.41, 5.74) is 4.05. The third-order valence-electron chi connectivity index (χ3n) is 6.09. The highest BCUT2D eigenvalue weighted by molar-refractivity contribution is 8.00. The van der Waals surface area contributed by atoms with Crippen LogP contribution in [-0.4, -0.2) is 28.1 Å². The summed E-state index contributed by atoms with van der Waals surface area (Å²) >= 11 is 1.42. The van der Waals surface area contributed by atoms with Crippen LogP contribution in [0, 0.1) is 0 Å². The number of carbonyl (C=O) groups excluding carboxylic acids is 2. The van der Waals surface area contributed by atoms with E-state index in [2.05, 4.69) is 5.32 Å². The molecule has 0 aromatic heterocycles. The Morgan fingerprint density at radius 3 is 2.26 bits per heavy atom. The molecule has 5 rings (SSSR count). The fourth-order valence-electron chi connectivity index (χ4n) is 4.26. The molecule has 2 N–H and O–H groups in total. The number of nitrogens with zero attached hydrogens (tertiary/aromatic N) is 1. The normalized spacial score (nSPS) is 14.3. The predicted octanol–water partition coefficient (Wildman–Crippen LogP) is 6.72. The second-order valence-electron chi connectivity index (χ2n) is 8.68. The number of amides is 2. The number of para-hydroxylation sites is 1. The molecule has 1 aliphatic rings. The molecule has 0 radical (unpaired) electrons. The van der Waals surface area contributed by atoms with E-state index in [9.17, 15) is 19.5 Å². The number of thioether (sulfide) groups is 1. The first-order valence-corrected chi connectivity index (χ1v) is 12.9. The quantitative estimate of drug-likeness (QED) is 0.295. The predicted molar refractivity (Wildman–Crippen MR) is 151 cm³/mol. The molecule has 1 aliphatic heterocycles. The minimum Gasteiger partial charge on any atom is -0.481 e. The van der Waals surface area contributed by atoms with Crippen LogP contribution < -0.4 is 10.2 Å². The summed E-state index contributed by atoms with van der Waals surface area (Å²) in [6.07, 6.45) is 3.35. The van der Waals surface area contributed by atoms with Crippen molar-refractivity contribution in [2.75, 3.05) is 10.2 Å². The smallest absolute Gasteiger partial charge is 0.304 e. The van der Waals surface area contributed by atoms with Crippen molar-refractivity contribution in [1.29, 1.82) is 0 Å². The molecule has 7 heteroatoms. The van der Waals surface area contributed by atoms with E-state index in [4.69, 9.17) is 0 Å². The van der Waals surface area contributed by atoms with Gasteiger partial charge in [0.2, 0.25) is 0 Å². The van der Waals surface area contributed by atoms with E-state index in [1.54, 1.807) is 42.6 Å². The minimum atomic E-state index is -0.895. The number of anilines is 2. The van der Waals surface area contributed by atoms with E-state index in [1.807, 2.05) is 72.8 Å². The van der Waals surface area contributed by atoms with Crippen molar-refractivity contribution >= 4 is 40.9 Å². The lowest BCUT2D eigenvalue weighted by Crippen LogP contribution is -2.25. The van der Waals surface area contributed by atoms with Crippen LogP contribution in [0.25, 0.3) is 11.1 Å². The van der Waals surface area contributed by atoms with Crippen molar-refractivity contribution in [3.05, 3.63) is 127 Å². The molecule has 4 aromatic carbocycles.